The predicted molar refractivity (Wildman–Crippen MR) is 63.0 cm³/mol. The van der Waals surface area contributed by atoms with Gasteiger partial charge in [-0.1, -0.05) is 6.92 Å². The van der Waals surface area contributed by atoms with Gasteiger partial charge in [0.15, 0.2) is 0 Å². The zero-order chi connectivity index (χ0) is 12.4. The SMILES string of the molecule is CC1CCN(C(=O)Cn2ccc(N)n2)CC1O. The molecule has 0 radical (unpaired) electrons. The molecule has 1 aliphatic rings. The van der Waals surface area contributed by atoms with Crippen LogP contribution in [0.15, 0.2) is 12.3 Å². The third kappa shape index (κ3) is 2.76. The fourth-order valence-corrected chi connectivity index (χ4v) is 1.98. The van der Waals surface area contributed by atoms with Crippen molar-refractivity contribution in [3.8, 4) is 0 Å². The van der Waals surface area contributed by atoms with Crippen LogP contribution in [-0.4, -0.2) is 44.9 Å². The van der Waals surface area contributed by atoms with E-state index in [9.17, 15) is 9.90 Å². The fraction of sp³-hybridized carbons (Fsp3) is 0.636. The Hall–Kier alpha value is -1.56. The molecule has 0 aromatic carbocycles. The number of nitrogen functional groups attached to an aromatic ring is 1. The Bertz CT molecular complexity index is 404. The summed E-state index contributed by atoms with van der Waals surface area (Å²) in [4.78, 5) is 13.6. The number of aromatic nitrogens is 2. The van der Waals surface area contributed by atoms with Crippen LogP contribution in [0, 0.1) is 5.92 Å². The highest BCUT2D eigenvalue weighted by atomic mass is 16.3. The van der Waals surface area contributed by atoms with E-state index in [1.165, 1.54) is 4.68 Å². The molecule has 1 aromatic heterocycles. The van der Waals surface area contributed by atoms with Crippen LogP contribution in [0.25, 0.3) is 0 Å². The molecule has 2 unspecified atom stereocenters. The molecule has 0 bridgehead atoms. The number of β-amino-alcohol motifs (C(OH)–C–C–N with tert-alkyl or cyclic N) is 1. The van der Waals surface area contributed by atoms with E-state index in [0.717, 1.165) is 6.42 Å². The molecule has 0 spiro atoms. The number of amides is 1. The summed E-state index contributed by atoms with van der Waals surface area (Å²) in [5.41, 5.74) is 5.48. The zero-order valence-corrected chi connectivity index (χ0v) is 9.91. The van der Waals surface area contributed by atoms with E-state index in [2.05, 4.69) is 5.10 Å². The molecule has 1 saturated heterocycles. The third-order valence-corrected chi connectivity index (χ3v) is 3.23. The summed E-state index contributed by atoms with van der Waals surface area (Å²) in [5, 5.41) is 13.7. The molecule has 6 nitrogen and oxygen atoms in total. The van der Waals surface area contributed by atoms with Gasteiger partial charge in [0.2, 0.25) is 5.91 Å². The first-order chi connectivity index (χ1) is 8.06. The Labute approximate surface area is 100 Å². The Morgan fingerprint density at radius 2 is 2.47 bits per heavy atom. The first-order valence-electron chi connectivity index (χ1n) is 5.81. The molecule has 17 heavy (non-hydrogen) atoms. The van der Waals surface area contributed by atoms with Crippen molar-refractivity contribution < 1.29 is 9.90 Å². The van der Waals surface area contributed by atoms with Gasteiger partial charge in [0.05, 0.1) is 6.10 Å². The predicted octanol–water partition coefficient (Wildman–Crippen LogP) is -0.305. The van der Waals surface area contributed by atoms with Crippen LogP contribution in [0.3, 0.4) is 0 Å². The van der Waals surface area contributed by atoms with Crippen LogP contribution in [0.2, 0.25) is 0 Å². The Morgan fingerprint density at radius 3 is 3.06 bits per heavy atom. The molecular weight excluding hydrogens is 220 g/mol. The second kappa shape index (κ2) is 4.75. The van der Waals surface area contributed by atoms with E-state index in [1.54, 1.807) is 17.2 Å². The number of aliphatic hydroxyl groups is 1. The number of hydrogen-bond acceptors (Lipinski definition) is 4. The molecule has 2 rings (SSSR count). The topological polar surface area (TPSA) is 84.4 Å². The lowest BCUT2D eigenvalue weighted by molar-refractivity contribution is -0.136. The highest BCUT2D eigenvalue weighted by Crippen LogP contribution is 2.17. The van der Waals surface area contributed by atoms with Crippen molar-refractivity contribution in [3.63, 3.8) is 0 Å². The quantitative estimate of drug-likeness (QED) is 0.740. The van der Waals surface area contributed by atoms with Gasteiger partial charge in [0.1, 0.15) is 12.4 Å². The van der Waals surface area contributed by atoms with Crippen molar-refractivity contribution in [1.29, 1.82) is 0 Å². The van der Waals surface area contributed by atoms with E-state index in [-0.39, 0.29) is 18.4 Å². The number of anilines is 1. The normalized spacial score (nSPS) is 24.9. The summed E-state index contributed by atoms with van der Waals surface area (Å²) in [5.74, 6) is 0.642. The van der Waals surface area contributed by atoms with Crippen LogP contribution < -0.4 is 5.73 Å². The van der Waals surface area contributed by atoms with E-state index >= 15 is 0 Å². The molecule has 2 heterocycles. The van der Waals surface area contributed by atoms with Gasteiger partial charge in [-0.15, -0.1) is 0 Å². The number of likely N-dealkylation sites (tertiary alicyclic amines) is 1. The van der Waals surface area contributed by atoms with E-state index in [0.29, 0.717) is 18.9 Å². The van der Waals surface area contributed by atoms with Crippen LogP contribution in [-0.2, 0) is 11.3 Å². The number of carbonyl (C=O) groups is 1. The minimum Gasteiger partial charge on any atom is -0.391 e. The lowest BCUT2D eigenvalue weighted by Crippen LogP contribution is -2.46. The monoisotopic (exact) mass is 238 g/mol. The second-order valence-electron chi connectivity index (χ2n) is 4.61. The Balaban J connectivity index is 1.92. The molecular formula is C11H18N4O2. The third-order valence-electron chi connectivity index (χ3n) is 3.23. The van der Waals surface area contributed by atoms with Crippen molar-refractivity contribution in [3.05, 3.63) is 12.3 Å². The standard InChI is InChI=1S/C11H18N4O2/c1-8-2-4-14(6-9(8)16)11(17)7-15-5-3-10(12)13-15/h3,5,8-9,16H,2,4,6-7H2,1H3,(H2,12,13). The van der Waals surface area contributed by atoms with Gasteiger partial charge in [-0.2, -0.15) is 5.10 Å². The molecule has 0 saturated carbocycles. The molecule has 1 aromatic rings. The maximum Gasteiger partial charge on any atom is 0.244 e. The average Bonchev–Trinajstić information content (AvgIpc) is 2.68. The molecule has 1 fully saturated rings. The summed E-state index contributed by atoms with van der Waals surface area (Å²) in [6.07, 6.45) is 2.10. The van der Waals surface area contributed by atoms with Gasteiger partial charge in [-0.25, -0.2) is 0 Å². The van der Waals surface area contributed by atoms with E-state index in [1.807, 2.05) is 6.92 Å². The summed E-state index contributed by atoms with van der Waals surface area (Å²) in [6, 6.07) is 1.65. The van der Waals surface area contributed by atoms with Crippen LogP contribution in [0.1, 0.15) is 13.3 Å². The lowest BCUT2D eigenvalue weighted by Gasteiger charge is -2.34. The Morgan fingerprint density at radius 1 is 1.71 bits per heavy atom. The highest BCUT2D eigenvalue weighted by Gasteiger charge is 2.27. The minimum absolute atomic E-state index is 0.0287. The molecule has 2 atom stereocenters. The summed E-state index contributed by atoms with van der Waals surface area (Å²) in [6.45, 7) is 3.30. The summed E-state index contributed by atoms with van der Waals surface area (Å²) in [7, 11) is 0. The lowest BCUT2D eigenvalue weighted by atomic mass is 9.96. The summed E-state index contributed by atoms with van der Waals surface area (Å²) < 4.78 is 1.52. The zero-order valence-electron chi connectivity index (χ0n) is 9.91. The van der Waals surface area contributed by atoms with E-state index < -0.39 is 6.10 Å². The van der Waals surface area contributed by atoms with Gasteiger partial charge in [-0.3, -0.25) is 9.48 Å². The molecule has 6 heteroatoms. The molecule has 1 aliphatic heterocycles. The van der Waals surface area contributed by atoms with Gasteiger partial charge in [0.25, 0.3) is 0 Å². The number of hydrogen-bond donors (Lipinski definition) is 2. The first kappa shape index (κ1) is 11.9. The molecule has 94 valence electrons. The number of nitrogens with zero attached hydrogens (tertiary/aromatic N) is 3. The van der Waals surface area contributed by atoms with Crippen molar-refractivity contribution in [1.82, 2.24) is 14.7 Å². The fourth-order valence-electron chi connectivity index (χ4n) is 1.98. The van der Waals surface area contributed by atoms with Crippen LogP contribution in [0.4, 0.5) is 5.82 Å². The second-order valence-corrected chi connectivity index (χ2v) is 4.61. The van der Waals surface area contributed by atoms with Gasteiger partial charge < -0.3 is 15.7 Å². The van der Waals surface area contributed by atoms with Crippen LogP contribution in [0.5, 0.6) is 0 Å². The van der Waals surface area contributed by atoms with Crippen LogP contribution >= 0.6 is 0 Å². The number of piperidine rings is 1. The number of carbonyl (C=O) groups excluding carboxylic acids is 1. The van der Waals surface area contributed by atoms with Crippen molar-refractivity contribution >= 4 is 11.7 Å². The molecule has 3 N–H and O–H groups in total. The van der Waals surface area contributed by atoms with Gasteiger partial charge in [-0.05, 0) is 18.4 Å². The van der Waals surface area contributed by atoms with Crippen molar-refractivity contribution in [2.45, 2.75) is 26.0 Å². The maximum absolute atomic E-state index is 11.9. The van der Waals surface area contributed by atoms with Gasteiger partial charge >= 0.3 is 0 Å². The maximum atomic E-state index is 11.9. The molecule has 0 aliphatic carbocycles. The minimum atomic E-state index is -0.421. The molecule has 1 amide bonds. The van der Waals surface area contributed by atoms with Crippen molar-refractivity contribution in [2.75, 3.05) is 18.8 Å². The summed E-state index contributed by atoms with van der Waals surface area (Å²) >= 11 is 0. The largest absolute Gasteiger partial charge is 0.391 e. The smallest absolute Gasteiger partial charge is 0.244 e. The number of rotatable bonds is 2. The number of nitrogens with two attached hydrogens (primary N) is 1. The van der Waals surface area contributed by atoms with Crippen molar-refractivity contribution in [2.24, 2.45) is 5.92 Å². The average molecular weight is 238 g/mol. The number of aliphatic hydroxyl groups excluding tert-OH is 1. The van der Waals surface area contributed by atoms with Gasteiger partial charge in [0, 0.05) is 19.3 Å². The first-order valence-corrected chi connectivity index (χ1v) is 5.81. The highest BCUT2D eigenvalue weighted by molar-refractivity contribution is 5.76. The Kier molecular flexibility index (Phi) is 3.33. The van der Waals surface area contributed by atoms with E-state index in [4.69, 9.17) is 5.73 Å².